The van der Waals surface area contributed by atoms with Gasteiger partial charge in [0, 0.05) is 24.5 Å². The molecule has 0 unspecified atom stereocenters. The van der Waals surface area contributed by atoms with Crippen molar-refractivity contribution in [2.45, 2.75) is 19.0 Å². The van der Waals surface area contributed by atoms with Crippen molar-refractivity contribution in [3.63, 3.8) is 0 Å². The molecule has 0 radical (unpaired) electrons. The van der Waals surface area contributed by atoms with Gasteiger partial charge in [0.25, 0.3) is 0 Å². The summed E-state index contributed by atoms with van der Waals surface area (Å²) in [6, 6.07) is 5.67. The molecule has 0 saturated heterocycles. The lowest BCUT2D eigenvalue weighted by atomic mass is 10.00. The van der Waals surface area contributed by atoms with Crippen LogP contribution in [0.3, 0.4) is 0 Å². The highest BCUT2D eigenvalue weighted by atomic mass is 35.5. The van der Waals surface area contributed by atoms with Gasteiger partial charge in [-0.3, -0.25) is 0 Å². The van der Waals surface area contributed by atoms with E-state index in [1.165, 1.54) is 0 Å². The fourth-order valence-electron chi connectivity index (χ4n) is 2.32. The quantitative estimate of drug-likeness (QED) is 0.686. The second kappa shape index (κ2) is 7.04. The molecule has 0 spiro atoms. The predicted octanol–water partition coefficient (Wildman–Crippen LogP) is 3.02. The van der Waals surface area contributed by atoms with Gasteiger partial charge in [-0.15, -0.1) is 12.4 Å². The monoisotopic (exact) mass is 310 g/mol. The van der Waals surface area contributed by atoms with Crippen molar-refractivity contribution in [1.82, 2.24) is 0 Å². The molecule has 1 aromatic rings. The Morgan fingerprint density at radius 3 is 2.75 bits per heavy atom. The maximum Gasteiger partial charge on any atom is 0.411 e. The van der Waals surface area contributed by atoms with Crippen molar-refractivity contribution in [3.8, 4) is 0 Å². The van der Waals surface area contributed by atoms with Crippen molar-refractivity contribution < 1.29 is 17.9 Å². The maximum atomic E-state index is 12.0. The van der Waals surface area contributed by atoms with E-state index in [0.717, 1.165) is 36.3 Å². The van der Waals surface area contributed by atoms with E-state index in [1.54, 1.807) is 0 Å². The lowest BCUT2D eigenvalue weighted by molar-refractivity contribution is -0.173. The molecule has 0 fully saturated rings. The first-order valence-corrected chi connectivity index (χ1v) is 6.24. The Kier molecular flexibility index (Phi) is 5.95. The number of benzene rings is 1. The van der Waals surface area contributed by atoms with Crippen LogP contribution in [0.4, 0.5) is 24.5 Å². The second-order valence-corrected chi connectivity index (χ2v) is 4.60. The van der Waals surface area contributed by atoms with Gasteiger partial charge in [0.05, 0.1) is 6.61 Å². The van der Waals surface area contributed by atoms with E-state index >= 15 is 0 Å². The summed E-state index contributed by atoms with van der Waals surface area (Å²) in [5.74, 6) is 0. The number of rotatable bonds is 4. The molecule has 2 N–H and O–H groups in total. The summed E-state index contributed by atoms with van der Waals surface area (Å²) in [7, 11) is 0. The van der Waals surface area contributed by atoms with Gasteiger partial charge in [-0.25, -0.2) is 0 Å². The molecule has 7 heteroatoms. The average Bonchev–Trinajstić information content (AvgIpc) is 2.34. The topological polar surface area (TPSA) is 38.5 Å². The van der Waals surface area contributed by atoms with Crippen LogP contribution in [0.15, 0.2) is 18.2 Å². The summed E-state index contributed by atoms with van der Waals surface area (Å²) in [6.07, 6.45) is -2.38. The van der Waals surface area contributed by atoms with Crippen LogP contribution in [0.25, 0.3) is 0 Å². The molecule has 3 nitrogen and oxygen atoms in total. The summed E-state index contributed by atoms with van der Waals surface area (Å²) in [5.41, 5.74) is 8.76. The van der Waals surface area contributed by atoms with Gasteiger partial charge in [-0.1, -0.05) is 6.07 Å². The van der Waals surface area contributed by atoms with Crippen LogP contribution in [0.2, 0.25) is 0 Å². The largest absolute Gasteiger partial charge is 0.411 e. The van der Waals surface area contributed by atoms with E-state index in [1.807, 2.05) is 23.1 Å². The molecule has 0 aliphatic carbocycles. The first-order valence-electron chi connectivity index (χ1n) is 6.24. The number of ether oxygens (including phenoxy) is 1. The van der Waals surface area contributed by atoms with E-state index in [4.69, 9.17) is 5.73 Å². The standard InChI is InChI=1S/C13H17F3N2O.ClH/c14-13(15,16)9-19-8-7-18-6-2-3-10-11(17)4-1-5-12(10)18;/h1,4-5H,2-3,6-9,17H2;1H. The summed E-state index contributed by atoms with van der Waals surface area (Å²) >= 11 is 0. The SMILES string of the molecule is Cl.Nc1cccc2c1CCCN2CCOCC(F)(F)F. The smallest absolute Gasteiger partial charge is 0.398 e. The molecule has 1 heterocycles. The van der Waals surface area contributed by atoms with Crippen molar-refractivity contribution in [2.75, 3.05) is 36.9 Å². The third-order valence-electron chi connectivity index (χ3n) is 3.15. The molecule has 2 rings (SSSR count). The van der Waals surface area contributed by atoms with E-state index in [-0.39, 0.29) is 19.0 Å². The Morgan fingerprint density at radius 2 is 2.05 bits per heavy atom. The summed E-state index contributed by atoms with van der Waals surface area (Å²) < 4.78 is 40.5. The summed E-state index contributed by atoms with van der Waals surface area (Å²) in [6.45, 7) is 0.150. The van der Waals surface area contributed by atoms with Gasteiger partial charge in [-0.05, 0) is 30.5 Å². The molecular weight excluding hydrogens is 293 g/mol. The van der Waals surface area contributed by atoms with Gasteiger partial charge in [0.1, 0.15) is 6.61 Å². The molecule has 1 aliphatic rings. The number of halogens is 4. The number of alkyl halides is 3. The minimum Gasteiger partial charge on any atom is -0.398 e. The highest BCUT2D eigenvalue weighted by Crippen LogP contribution is 2.30. The number of nitrogens with zero attached hydrogens (tertiary/aromatic N) is 1. The summed E-state index contributed by atoms with van der Waals surface area (Å²) in [5, 5.41) is 0. The lowest BCUT2D eigenvalue weighted by Gasteiger charge is -2.32. The van der Waals surface area contributed by atoms with Gasteiger partial charge in [-0.2, -0.15) is 13.2 Å². The molecular formula is C13H18ClF3N2O. The summed E-state index contributed by atoms with van der Waals surface area (Å²) in [4.78, 5) is 2.03. The van der Waals surface area contributed by atoms with Crippen molar-refractivity contribution >= 4 is 23.8 Å². The minimum absolute atomic E-state index is 0. The third-order valence-corrected chi connectivity index (χ3v) is 3.15. The zero-order valence-electron chi connectivity index (χ0n) is 10.9. The molecule has 1 aliphatic heterocycles. The van der Waals surface area contributed by atoms with Crippen LogP contribution in [0.1, 0.15) is 12.0 Å². The van der Waals surface area contributed by atoms with Crippen LogP contribution < -0.4 is 10.6 Å². The normalized spacial score (nSPS) is 14.7. The van der Waals surface area contributed by atoms with Crippen LogP contribution in [0, 0.1) is 0 Å². The first-order chi connectivity index (χ1) is 8.97. The van der Waals surface area contributed by atoms with Crippen molar-refractivity contribution in [1.29, 1.82) is 0 Å². The number of hydrogen-bond acceptors (Lipinski definition) is 3. The lowest BCUT2D eigenvalue weighted by Crippen LogP contribution is -2.33. The van der Waals surface area contributed by atoms with Gasteiger partial charge < -0.3 is 15.4 Å². The first kappa shape index (κ1) is 16.9. The van der Waals surface area contributed by atoms with Crippen molar-refractivity contribution in [3.05, 3.63) is 23.8 Å². The van der Waals surface area contributed by atoms with Gasteiger partial charge >= 0.3 is 6.18 Å². The second-order valence-electron chi connectivity index (χ2n) is 4.60. The molecule has 0 amide bonds. The Bertz CT molecular complexity index is 440. The van der Waals surface area contributed by atoms with E-state index in [2.05, 4.69) is 4.74 Å². The fraction of sp³-hybridized carbons (Fsp3) is 0.538. The molecule has 20 heavy (non-hydrogen) atoms. The van der Waals surface area contributed by atoms with Crippen molar-refractivity contribution in [2.24, 2.45) is 0 Å². The van der Waals surface area contributed by atoms with Crippen LogP contribution >= 0.6 is 12.4 Å². The number of nitrogens with two attached hydrogens (primary N) is 1. The number of nitrogen functional groups attached to an aromatic ring is 1. The Morgan fingerprint density at radius 1 is 1.30 bits per heavy atom. The third kappa shape index (κ3) is 4.45. The van der Waals surface area contributed by atoms with E-state index in [9.17, 15) is 13.2 Å². The van der Waals surface area contributed by atoms with Gasteiger partial charge in [0.15, 0.2) is 0 Å². The number of anilines is 2. The zero-order chi connectivity index (χ0) is 13.9. The highest BCUT2D eigenvalue weighted by Gasteiger charge is 2.27. The van der Waals surface area contributed by atoms with Gasteiger partial charge in [0.2, 0.25) is 0 Å². The number of hydrogen-bond donors (Lipinski definition) is 1. The molecule has 0 aromatic heterocycles. The number of fused-ring (bicyclic) bond motifs is 1. The highest BCUT2D eigenvalue weighted by molar-refractivity contribution is 5.85. The maximum absolute atomic E-state index is 12.0. The zero-order valence-corrected chi connectivity index (χ0v) is 11.8. The van der Waals surface area contributed by atoms with E-state index < -0.39 is 12.8 Å². The van der Waals surface area contributed by atoms with Crippen LogP contribution in [-0.4, -0.2) is 32.5 Å². The Balaban J connectivity index is 0.00000200. The molecule has 0 saturated carbocycles. The molecule has 0 bridgehead atoms. The molecule has 1 aromatic carbocycles. The van der Waals surface area contributed by atoms with Crippen LogP contribution in [0.5, 0.6) is 0 Å². The molecule has 114 valence electrons. The average molecular weight is 311 g/mol. The molecule has 0 atom stereocenters. The Hall–Kier alpha value is -1.14. The minimum atomic E-state index is -4.26. The Labute approximate surface area is 122 Å². The predicted molar refractivity (Wildman–Crippen MR) is 75.5 cm³/mol. The van der Waals surface area contributed by atoms with E-state index in [0.29, 0.717) is 6.54 Å². The van der Waals surface area contributed by atoms with Crippen LogP contribution in [-0.2, 0) is 11.2 Å². The fourth-order valence-corrected chi connectivity index (χ4v) is 2.32.